The Labute approximate surface area is 157 Å². The Morgan fingerprint density at radius 1 is 1.33 bits per heavy atom. The summed E-state index contributed by atoms with van der Waals surface area (Å²) in [7, 11) is 1.53. The van der Waals surface area contributed by atoms with Crippen LogP contribution in [-0.2, 0) is 11.2 Å². The molecule has 0 radical (unpaired) electrons. The number of hydrogen-bond donors (Lipinski definition) is 0. The van der Waals surface area contributed by atoms with Crippen LogP contribution in [-0.4, -0.2) is 49.2 Å². The van der Waals surface area contributed by atoms with E-state index in [-0.39, 0.29) is 11.8 Å². The standard InChI is InChI=1S/C21H22N2O4/c1-25-20-18(3-2-7-22-20)21(24)23-8-10-26-14-16(13-23)11-15-4-5-17-6-9-27-19(17)12-15/h2-7,9,12,16H,8,10-11,13-14H2,1H3/t16-/m1/s1. The maximum atomic E-state index is 13.0. The largest absolute Gasteiger partial charge is 0.480 e. The number of ether oxygens (including phenoxy) is 2. The highest BCUT2D eigenvalue weighted by Crippen LogP contribution is 2.22. The minimum atomic E-state index is -0.0723. The van der Waals surface area contributed by atoms with Crippen molar-refractivity contribution in [1.82, 2.24) is 9.88 Å². The molecule has 0 unspecified atom stereocenters. The van der Waals surface area contributed by atoms with Gasteiger partial charge in [0.05, 0.1) is 26.6 Å². The number of hydrogen-bond acceptors (Lipinski definition) is 5. The van der Waals surface area contributed by atoms with Crippen molar-refractivity contribution >= 4 is 16.9 Å². The second-order valence-electron chi connectivity index (χ2n) is 6.75. The number of pyridine rings is 1. The second kappa shape index (κ2) is 7.80. The number of amides is 1. The number of carbonyl (C=O) groups is 1. The van der Waals surface area contributed by atoms with Crippen molar-refractivity contribution < 1.29 is 18.7 Å². The summed E-state index contributed by atoms with van der Waals surface area (Å²) in [5.41, 5.74) is 2.55. The summed E-state index contributed by atoms with van der Waals surface area (Å²) in [5.74, 6) is 0.496. The molecule has 4 rings (SSSR count). The highest BCUT2D eigenvalue weighted by Gasteiger charge is 2.26. The molecule has 3 heterocycles. The molecule has 1 fully saturated rings. The van der Waals surface area contributed by atoms with Gasteiger partial charge in [-0.05, 0) is 36.2 Å². The van der Waals surface area contributed by atoms with E-state index in [4.69, 9.17) is 13.9 Å². The summed E-state index contributed by atoms with van der Waals surface area (Å²) in [5, 5.41) is 1.09. The Bertz CT molecular complexity index is 937. The Kier molecular flexibility index (Phi) is 5.07. The van der Waals surface area contributed by atoms with E-state index in [1.165, 1.54) is 12.7 Å². The zero-order valence-electron chi connectivity index (χ0n) is 15.3. The Morgan fingerprint density at radius 3 is 3.15 bits per heavy atom. The van der Waals surface area contributed by atoms with Gasteiger partial charge in [0.25, 0.3) is 5.91 Å². The lowest BCUT2D eigenvalue weighted by Crippen LogP contribution is -2.36. The van der Waals surface area contributed by atoms with Crippen LogP contribution in [0.1, 0.15) is 15.9 Å². The van der Waals surface area contributed by atoms with Gasteiger partial charge in [0.2, 0.25) is 5.88 Å². The van der Waals surface area contributed by atoms with Crippen molar-refractivity contribution in [2.24, 2.45) is 5.92 Å². The van der Waals surface area contributed by atoms with E-state index in [2.05, 4.69) is 23.2 Å². The van der Waals surface area contributed by atoms with Gasteiger partial charge in [0.1, 0.15) is 11.1 Å². The van der Waals surface area contributed by atoms with Crippen LogP contribution < -0.4 is 4.74 Å². The highest BCUT2D eigenvalue weighted by atomic mass is 16.5. The quantitative estimate of drug-likeness (QED) is 0.710. The number of methoxy groups -OCH3 is 1. The second-order valence-corrected chi connectivity index (χ2v) is 6.75. The number of fused-ring (bicyclic) bond motifs is 1. The van der Waals surface area contributed by atoms with Crippen molar-refractivity contribution in [1.29, 1.82) is 0 Å². The van der Waals surface area contributed by atoms with E-state index in [0.29, 0.717) is 37.7 Å². The average Bonchev–Trinajstić information content (AvgIpc) is 3.05. The van der Waals surface area contributed by atoms with Crippen molar-refractivity contribution in [3.8, 4) is 5.88 Å². The van der Waals surface area contributed by atoms with Gasteiger partial charge in [-0.1, -0.05) is 12.1 Å². The molecular formula is C21H22N2O4. The number of benzene rings is 1. The number of aromatic nitrogens is 1. The molecule has 0 spiro atoms. The van der Waals surface area contributed by atoms with Gasteiger partial charge >= 0.3 is 0 Å². The van der Waals surface area contributed by atoms with Crippen LogP contribution in [0.15, 0.2) is 53.3 Å². The summed E-state index contributed by atoms with van der Waals surface area (Å²) in [4.78, 5) is 19.0. The Morgan fingerprint density at radius 2 is 2.26 bits per heavy atom. The van der Waals surface area contributed by atoms with Crippen LogP contribution in [0.5, 0.6) is 5.88 Å². The van der Waals surface area contributed by atoms with Crippen molar-refractivity contribution in [3.05, 3.63) is 60.0 Å². The van der Waals surface area contributed by atoms with Crippen LogP contribution in [0.25, 0.3) is 11.0 Å². The summed E-state index contributed by atoms with van der Waals surface area (Å²) in [6.07, 6.45) is 4.14. The number of furan rings is 1. The van der Waals surface area contributed by atoms with Crippen LogP contribution in [0.4, 0.5) is 0 Å². The zero-order chi connectivity index (χ0) is 18.6. The molecule has 1 amide bonds. The van der Waals surface area contributed by atoms with Gasteiger partial charge < -0.3 is 18.8 Å². The lowest BCUT2D eigenvalue weighted by molar-refractivity contribution is 0.0733. The third-order valence-electron chi connectivity index (χ3n) is 4.86. The number of nitrogens with zero attached hydrogens (tertiary/aromatic N) is 2. The zero-order valence-corrected chi connectivity index (χ0v) is 15.3. The van der Waals surface area contributed by atoms with Gasteiger partial charge in [-0.3, -0.25) is 4.79 Å². The Balaban J connectivity index is 1.50. The first kappa shape index (κ1) is 17.5. The predicted octanol–water partition coefficient (Wildman–Crippen LogP) is 3.17. The average molecular weight is 366 g/mol. The van der Waals surface area contributed by atoms with Crippen molar-refractivity contribution in [3.63, 3.8) is 0 Å². The normalized spacial score (nSPS) is 17.7. The van der Waals surface area contributed by atoms with E-state index < -0.39 is 0 Å². The maximum absolute atomic E-state index is 13.0. The van der Waals surface area contributed by atoms with Gasteiger partial charge in [-0.2, -0.15) is 0 Å². The molecule has 1 aromatic carbocycles. The van der Waals surface area contributed by atoms with Gasteiger partial charge in [-0.25, -0.2) is 4.98 Å². The number of carbonyl (C=O) groups excluding carboxylic acids is 1. The maximum Gasteiger partial charge on any atom is 0.259 e. The van der Waals surface area contributed by atoms with Crippen LogP contribution in [0.2, 0.25) is 0 Å². The summed E-state index contributed by atoms with van der Waals surface area (Å²) >= 11 is 0. The topological polar surface area (TPSA) is 64.8 Å². The fraction of sp³-hybridized carbons (Fsp3) is 0.333. The molecule has 3 aromatic rings. The third kappa shape index (κ3) is 3.80. The van der Waals surface area contributed by atoms with E-state index in [9.17, 15) is 4.79 Å². The molecule has 27 heavy (non-hydrogen) atoms. The van der Waals surface area contributed by atoms with Gasteiger partial charge in [-0.15, -0.1) is 0 Å². The summed E-state index contributed by atoms with van der Waals surface area (Å²) in [6.45, 7) is 2.35. The molecule has 1 aliphatic heterocycles. The molecule has 1 saturated heterocycles. The molecule has 1 atom stereocenters. The highest BCUT2D eigenvalue weighted by molar-refractivity contribution is 5.96. The van der Waals surface area contributed by atoms with Gasteiger partial charge in [0.15, 0.2) is 0 Å². The molecule has 0 aliphatic carbocycles. The lowest BCUT2D eigenvalue weighted by Gasteiger charge is -2.24. The minimum Gasteiger partial charge on any atom is -0.480 e. The van der Waals surface area contributed by atoms with E-state index in [0.717, 1.165) is 17.4 Å². The molecule has 0 bridgehead atoms. The molecule has 6 nitrogen and oxygen atoms in total. The van der Waals surface area contributed by atoms with Crippen molar-refractivity contribution in [2.45, 2.75) is 6.42 Å². The molecule has 2 aromatic heterocycles. The molecule has 1 aliphatic rings. The molecular weight excluding hydrogens is 344 g/mol. The first-order valence-corrected chi connectivity index (χ1v) is 9.07. The Hall–Kier alpha value is -2.86. The minimum absolute atomic E-state index is 0.0723. The fourth-order valence-corrected chi connectivity index (χ4v) is 3.53. The van der Waals surface area contributed by atoms with Gasteiger partial charge in [0, 0.05) is 30.6 Å². The van der Waals surface area contributed by atoms with E-state index in [1.807, 2.05) is 11.0 Å². The molecule has 0 saturated carbocycles. The van der Waals surface area contributed by atoms with E-state index >= 15 is 0 Å². The monoisotopic (exact) mass is 366 g/mol. The molecule has 6 heteroatoms. The first-order chi connectivity index (χ1) is 13.2. The third-order valence-corrected chi connectivity index (χ3v) is 4.86. The molecule has 0 N–H and O–H groups in total. The lowest BCUT2D eigenvalue weighted by atomic mass is 9.98. The first-order valence-electron chi connectivity index (χ1n) is 9.07. The molecule has 140 valence electrons. The number of rotatable bonds is 4. The summed E-state index contributed by atoms with van der Waals surface area (Å²) < 4.78 is 16.5. The predicted molar refractivity (Wildman–Crippen MR) is 101 cm³/mol. The van der Waals surface area contributed by atoms with Crippen LogP contribution >= 0.6 is 0 Å². The van der Waals surface area contributed by atoms with Crippen LogP contribution in [0.3, 0.4) is 0 Å². The van der Waals surface area contributed by atoms with E-state index in [1.54, 1.807) is 24.6 Å². The SMILES string of the molecule is COc1ncccc1C(=O)N1CCOC[C@H](Cc2ccc3ccoc3c2)C1. The van der Waals surface area contributed by atoms with Crippen LogP contribution in [0, 0.1) is 5.92 Å². The fourth-order valence-electron chi connectivity index (χ4n) is 3.53. The smallest absolute Gasteiger partial charge is 0.259 e. The van der Waals surface area contributed by atoms with Crippen molar-refractivity contribution in [2.75, 3.05) is 33.4 Å². The summed E-state index contributed by atoms with van der Waals surface area (Å²) in [6, 6.07) is 11.7.